The number of nitrogens with two attached hydrogens (primary N) is 1. The van der Waals surface area contributed by atoms with Crippen LogP contribution in [-0.4, -0.2) is 51.2 Å². The highest BCUT2D eigenvalue weighted by Crippen LogP contribution is 2.23. The maximum atomic E-state index is 13.6. The Labute approximate surface area is 237 Å². The van der Waals surface area contributed by atoms with E-state index in [1.807, 2.05) is 48.7 Å². The minimum atomic E-state index is -0.712. The van der Waals surface area contributed by atoms with Gasteiger partial charge < -0.3 is 20.9 Å². The molecule has 4 N–H and O–H groups in total. The summed E-state index contributed by atoms with van der Waals surface area (Å²) in [5.74, 6) is 0.724. The van der Waals surface area contributed by atoms with Crippen LogP contribution in [-0.2, 0) is 22.4 Å². The molecule has 4 rings (SSSR count). The molecule has 4 atom stereocenters. The molecule has 0 bridgehead atoms. The largest absolute Gasteiger partial charge is 0.361 e. The van der Waals surface area contributed by atoms with E-state index in [2.05, 4.69) is 43.2 Å². The van der Waals surface area contributed by atoms with Crippen LogP contribution in [0, 0.1) is 11.8 Å². The van der Waals surface area contributed by atoms with E-state index in [0.717, 1.165) is 46.2 Å². The summed E-state index contributed by atoms with van der Waals surface area (Å²) >= 11 is 5.90. The number of para-hydroxylation sites is 1. The van der Waals surface area contributed by atoms with Crippen molar-refractivity contribution in [2.24, 2.45) is 17.6 Å². The summed E-state index contributed by atoms with van der Waals surface area (Å²) in [6, 6.07) is 16.6. The van der Waals surface area contributed by atoms with Gasteiger partial charge in [0, 0.05) is 28.5 Å². The van der Waals surface area contributed by atoms with Gasteiger partial charge in [-0.1, -0.05) is 81.5 Å². The van der Waals surface area contributed by atoms with Crippen molar-refractivity contribution in [2.45, 2.75) is 77.4 Å². The summed E-state index contributed by atoms with van der Waals surface area (Å²) < 4.78 is 0. The third kappa shape index (κ3) is 7.55. The number of aromatic nitrogens is 1. The zero-order valence-electron chi connectivity index (χ0n) is 23.4. The Balaban J connectivity index is 1.44. The zero-order valence-corrected chi connectivity index (χ0v) is 24.2. The first-order valence-corrected chi connectivity index (χ1v) is 14.6. The third-order valence-electron chi connectivity index (χ3n) is 7.68. The highest BCUT2D eigenvalue weighted by Gasteiger charge is 2.37. The molecule has 1 aromatic heterocycles. The van der Waals surface area contributed by atoms with E-state index in [0.29, 0.717) is 37.6 Å². The van der Waals surface area contributed by atoms with Crippen molar-refractivity contribution < 1.29 is 9.59 Å². The number of hydrogen-bond donors (Lipinski definition) is 3. The summed E-state index contributed by atoms with van der Waals surface area (Å²) in [5, 5.41) is 4.31. The van der Waals surface area contributed by atoms with Crippen LogP contribution < -0.4 is 11.1 Å². The molecule has 2 aromatic carbocycles. The SMILES string of the molecule is CC(C)C[C@@H](C)CC(=S)[C@H](Cc1ccccc1)NC(=O)C1CCCN1C(=O)[C@@H](N)Cc1c[nH]c2ccccc12. The van der Waals surface area contributed by atoms with Crippen LogP contribution in [0.4, 0.5) is 0 Å². The highest BCUT2D eigenvalue weighted by atomic mass is 32.1. The lowest BCUT2D eigenvalue weighted by Gasteiger charge is -2.29. The van der Waals surface area contributed by atoms with Gasteiger partial charge in [0.1, 0.15) is 6.04 Å². The van der Waals surface area contributed by atoms with Crippen LogP contribution in [0.1, 0.15) is 57.6 Å². The molecule has 3 aromatic rings. The zero-order chi connectivity index (χ0) is 27.9. The van der Waals surface area contributed by atoms with Gasteiger partial charge in [-0.05, 0) is 67.6 Å². The van der Waals surface area contributed by atoms with E-state index in [-0.39, 0.29) is 17.9 Å². The number of rotatable bonds is 12. The van der Waals surface area contributed by atoms with Crippen molar-refractivity contribution in [1.29, 1.82) is 0 Å². The summed E-state index contributed by atoms with van der Waals surface area (Å²) in [5.41, 5.74) is 9.59. The Kier molecular flexibility index (Phi) is 9.92. The molecule has 39 heavy (non-hydrogen) atoms. The maximum absolute atomic E-state index is 13.6. The fourth-order valence-electron chi connectivity index (χ4n) is 5.88. The van der Waals surface area contributed by atoms with E-state index in [4.69, 9.17) is 18.0 Å². The van der Waals surface area contributed by atoms with E-state index < -0.39 is 12.1 Å². The van der Waals surface area contributed by atoms with Gasteiger partial charge in [0.2, 0.25) is 11.8 Å². The molecule has 0 aliphatic carbocycles. The minimum absolute atomic E-state index is 0.139. The minimum Gasteiger partial charge on any atom is -0.361 e. The van der Waals surface area contributed by atoms with Gasteiger partial charge in [-0.3, -0.25) is 9.59 Å². The van der Waals surface area contributed by atoms with Crippen molar-refractivity contribution >= 4 is 39.8 Å². The Morgan fingerprint density at radius 2 is 1.79 bits per heavy atom. The van der Waals surface area contributed by atoms with E-state index in [1.165, 1.54) is 0 Å². The molecule has 2 amide bonds. The number of carbonyl (C=O) groups excluding carboxylic acids is 2. The average molecular weight is 547 g/mol. The number of amides is 2. The first-order chi connectivity index (χ1) is 18.7. The molecule has 2 heterocycles. The molecule has 208 valence electrons. The Morgan fingerprint density at radius 1 is 1.08 bits per heavy atom. The van der Waals surface area contributed by atoms with E-state index in [9.17, 15) is 9.59 Å². The summed E-state index contributed by atoms with van der Waals surface area (Å²) in [4.78, 5) is 32.9. The number of nitrogens with zero attached hydrogens (tertiary/aromatic N) is 1. The number of nitrogens with one attached hydrogen (secondary N) is 2. The summed E-state index contributed by atoms with van der Waals surface area (Å²) in [6.07, 6.45) is 6.26. The number of thiocarbonyl (C=S) groups is 1. The fourth-order valence-corrected chi connectivity index (χ4v) is 6.30. The quantitative estimate of drug-likeness (QED) is 0.273. The second-order valence-electron chi connectivity index (χ2n) is 11.5. The first kappa shape index (κ1) is 29.0. The van der Waals surface area contributed by atoms with Crippen molar-refractivity contribution in [3.8, 4) is 0 Å². The smallest absolute Gasteiger partial charge is 0.243 e. The van der Waals surface area contributed by atoms with Crippen molar-refractivity contribution in [2.75, 3.05) is 6.54 Å². The average Bonchev–Trinajstić information content (AvgIpc) is 3.56. The molecule has 1 saturated heterocycles. The Morgan fingerprint density at radius 3 is 2.54 bits per heavy atom. The van der Waals surface area contributed by atoms with Gasteiger partial charge in [0.25, 0.3) is 0 Å². The third-order valence-corrected chi connectivity index (χ3v) is 8.13. The van der Waals surface area contributed by atoms with Crippen LogP contribution in [0.5, 0.6) is 0 Å². The summed E-state index contributed by atoms with van der Waals surface area (Å²) in [7, 11) is 0. The number of fused-ring (bicyclic) bond motifs is 1. The number of likely N-dealkylation sites (tertiary alicyclic amines) is 1. The predicted molar refractivity (Wildman–Crippen MR) is 163 cm³/mol. The number of benzene rings is 2. The number of aromatic amines is 1. The molecule has 0 saturated carbocycles. The predicted octanol–water partition coefficient (Wildman–Crippen LogP) is 5.20. The second-order valence-corrected chi connectivity index (χ2v) is 12.0. The molecule has 7 heteroatoms. The number of H-pyrrole nitrogens is 1. The van der Waals surface area contributed by atoms with Crippen molar-refractivity contribution in [3.05, 3.63) is 71.9 Å². The van der Waals surface area contributed by atoms with Crippen LogP contribution in [0.3, 0.4) is 0 Å². The lowest BCUT2D eigenvalue weighted by Crippen LogP contribution is -2.54. The molecule has 1 unspecified atom stereocenters. The monoisotopic (exact) mass is 546 g/mol. The second kappa shape index (κ2) is 13.4. The lowest BCUT2D eigenvalue weighted by atomic mass is 9.91. The molecule has 1 aliphatic heterocycles. The van der Waals surface area contributed by atoms with Crippen LogP contribution in [0.2, 0.25) is 0 Å². The molecular weight excluding hydrogens is 504 g/mol. The lowest BCUT2D eigenvalue weighted by molar-refractivity contribution is -0.139. The molecule has 6 nitrogen and oxygen atoms in total. The molecule has 0 radical (unpaired) electrons. The van der Waals surface area contributed by atoms with Crippen molar-refractivity contribution in [1.82, 2.24) is 15.2 Å². The standard InChI is InChI=1S/C32H42N4O2S/c1-21(2)16-22(3)17-30(39)28(18-23-10-5-4-6-11-23)35-31(37)29-14-9-15-36(29)32(38)26(33)19-24-20-34-27-13-8-7-12-25(24)27/h4-8,10-13,20-22,26,28-29,34H,9,14-19,33H2,1-3H3,(H,35,37)/t22-,26+,28+,29?/m1/s1. The molecule has 1 fully saturated rings. The first-order valence-electron chi connectivity index (χ1n) is 14.2. The van der Waals surface area contributed by atoms with Gasteiger partial charge in [-0.25, -0.2) is 0 Å². The van der Waals surface area contributed by atoms with E-state index in [1.54, 1.807) is 4.90 Å². The van der Waals surface area contributed by atoms with Crippen LogP contribution in [0.15, 0.2) is 60.8 Å². The van der Waals surface area contributed by atoms with Gasteiger partial charge in [-0.2, -0.15) is 0 Å². The van der Waals surface area contributed by atoms with Gasteiger partial charge in [-0.15, -0.1) is 0 Å². The maximum Gasteiger partial charge on any atom is 0.243 e. The number of hydrogen-bond acceptors (Lipinski definition) is 4. The fraction of sp³-hybridized carbons (Fsp3) is 0.469. The number of carbonyl (C=O) groups is 2. The molecule has 0 spiro atoms. The van der Waals surface area contributed by atoms with Crippen LogP contribution >= 0.6 is 12.2 Å². The highest BCUT2D eigenvalue weighted by molar-refractivity contribution is 7.80. The topological polar surface area (TPSA) is 91.2 Å². The van der Waals surface area contributed by atoms with Gasteiger partial charge >= 0.3 is 0 Å². The normalized spacial score (nSPS) is 17.8. The van der Waals surface area contributed by atoms with Gasteiger partial charge in [0.15, 0.2) is 0 Å². The molecule has 1 aliphatic rings. The Bertz CT molecular complexity index is 1270. The van der Waals surface area contributed by atoms with Gasteiger partial charge in [0.05, 0.1) is 12.1 Å². The molecular formula is C32H42N4O2S. The Hall–Kier alpha value is -3.03. The summed E-state index contributed by atoms with van der Waals surface area (Å²) in [6.45, 7) is 7.20. The van der Waals surface area contributed by atoms with Crippen molar-refractivity contribution in [3.63, 3.8) is 0 Å². The van der Waals surface area contributed by atoms with Crippen LogP contribution in [0.25, 0.3) is 10.9 Å². The van der Waals surface area contributed by atoms with E-state index >= 15 is 0 Å².